The molecule has 0 bridgehead atoms. The number of aromatic nitrogens is 1. The number of carbonyl (C=O) groups is 1. The monoisotopic (exact) mass is 297 g/mol. The first-order chi connectivity index (χ1) is 10.6. The summed E-state index contributed by atoms with van der Waals surface area (Å²) in [4.78, 5) is 18.3. The highest BCUT2D eigenvalue weighted by Crippen LogP contribution is 2.29. The predicted octanol–water partition coefficient (Wildman–Crippen LogP) is 3.64. The lowest BCUT2D eigenvalue weighted by Gasteiger charge is -2.28. The molecule has 1 aliphatic heterocycles. The van der Waals surface area contributed by atoms with Crippen molar-refractivity contribution in [1.29, 1.82) is 0 Å². The van der Waals surface area contributed by atoms with Gasteiger partial charge in [-0.1, -0.05) is 26.0 Å². The van der Waals surface area contributed by atoms with Gasteiger partial charge in [-0.05, 0) is 35.7 Å². The summed E-state index contributed by atoms with van der Waals surface area (Å²) in [5.41, 5.74) is 2.02. The third-order valence-electron chi connectivity index (χ3n) is 3.65. The minimum Gasteiger partial charge on any atom is -0.488 e. The Labute approximate surface area is 129 Å². The smallest absolute Gasteiger partial charge is 0.327 e. The van der Waals surface area contributed by atoms with Crippen molar-refractivity contribution in [3.05, 3.63) is 48.2 Å². The second kappa shape index (κ2) is 6.05. The Balaban J connectivity index is 1.75. The summed E-state index contributed by atoms with van der Waals surface area (Å²) in [6.45, 7) is 5.24. The number of ether oxygens (including phenoxy) is 1. The quantitative estimate of drug-likeness (QED) is 0.920. The number of hydrogen-bond donors (Lipinski definition) is 1. The van der Waals surface area contributed by atoms with E-state index in [1.807, 2.05) is 30.3 Å². The third kappa shape index (κ3) is 2.88. The van der Waals surface area contributed by atoms with Crippen molar-refractivity contribution in [2.24, 2.45) is 0 Å². The number of hydrogen-bond acceptors (Lipinski definition) is 3. The van der Waals surface area contributed by atoms with E-state index in [9.17, 15) is 4.79 Å². The molecular weight excluding hydrogens is 278 g/mol. The maximum atomic E-state index is 12.5. The Morgan fingerprint density at radius 1 is 1.27 bits per heavy atom. The average Bonchev–Trinajstić information content (AvgIpc) is 2.54. The van der Waals surface area contributed by atoms with Gasteiger partial charge in [-0.3, -0.25) is 4.90 Å². The molecule has 1 N–H and O–H groups in total. The Bertz CT molecular complexity index is 668. The molecule has 0 unspecified atom stereocenters. The van der Waals surface area contributed by atoms with Gasteiger partial charge in [-0.15, -0.1) is 0 Å². The second-order valence-corrected chi connectivity index (χ2v) is 5.53. The topological polar surface area (TPSA) is 54.5 Å². The number of urea groups is 1. The number of nitrogens with one attached hydrogen (secondary N) is 1. The van der Waals surface area contributed by atoms with Crippen molar-refractivity contribution in [2.75, 3.05) is 23.4 Å². The van der Waals surface area contributed by atoms with Crippen molar-refractivity contribution in [1.82, 2.24) is 4.98 Å². The van der Waals surface area contributed by atoms with E-state index in [-0.39, 0.29) is 6.03 Å². The first-order valence-corrected chi connectivity index (χ1v) is 7.41. The maximum Gasteiger partial charge on any atom is 0.327 e. The van der Waals surface area contributed by atoms with Crippen molar-refractivity contribution in [2.45, 2.75) is 19.8 Å². The number of fused-ring (bicyclic) bond motifs is 1. The van der Waals surface area contributed by atoms with Crippen LogP contribution in [0.5, 0.6) is 5.75 Å². The van der Waals surface area contributed by atoms with Gasteiger partial charge in [0.15, 0.2) is 11.6 Å². The molecule has 2 amide bonds. The lowest BCUT2D eigenvalue weighted by atomic mass is 10.0. The molecule has 0 radical (unpaired) electrons. The summed E-state index contributed by atoms with van der Waals surface area (Å²) in [6.07, 6.45) is 1.66. The zero-order valence-corrected chi connectivity index (χ0v) is 12.7. The molecule has 5 heteroatoms. The Kier molecular flexibility index (Phi) is 3.96. The molecule has 0 spiro atoms. The van der Waals surface area contributed by atoms with Crippen LogP contribution >= 0.6 is 0 Å². The van der Waals surface area contributed by atoms with E-state index >= 15 is 0 Å². The number of amides is 2. The standard InChI is InChI=1S/C17H19N3O2/c1-12(2)13-5-7-14(8-6-13)19-17(21)20-10-11-22-15-4-3-9-18-16(15)20/h3-9,12H,10-11H2,1-2H3,(H,19,21). The van der Waals surface area contributed by atoms with Crippen molar-refractivity contribution < 1.29 is 9.53 Å². The molecule has 2 aromatic rings. The van der Waals surface area contributed by atoms with E-state index in [4.69, 9.17) is 4.74 Å². The summed E-state index contributed by atoms with van der Waals surface area (Å²) in [7, 11) is 0. The van der Waals surface area contributed by atoms with Gasteiger partial charge in [0, 0.05) is 11.9 Å². The minimum atomic E-state index is -0.194. The molecule has 1 aliphatic rings. The number of anilines is 2. The van der Waals surface area contributed by atoms with E-state index in [2.05, 4.69) is 24.1 Å². The van der Waals surface area contributed by atoms with Gasteiger partial charge >= 0.3 is 6.03 Å². The Morgan fingerprint density at radius 3 is 2.77 bits per heavy atom. The second-order valence-electron chi connectivity index (χ2n) is 5.53. The SMILES string of the molecule is CC(C)c1ccc(NC(=O)N2CCOc3cccnc32)cc1. The van der Waals surface area contributed by atoms with E-state index in [1.165, 1.54) is 5.56 Å². The van der Waals surface area contributed by atoms with E-state index < -0.39 is 0 Å². The van der Waals surface area contributed by atoms with Gasteiger partial charge in [-0.25, -0.2) is 9.78 Å². The number of nitrogens with zero attached hydrogens (tertiary/aromatic N) is 2. The third-order valence-corrected chi connectivity index (χ3v) is 3.65. The number of rotatable bonds is 2. The molecule has 114 valence electrons. The van der Waals surface area contributed by atoms with Gasteiger partial charge in [0.05, 0.1) is 6.54 Å². The fraction of sp³-hybridized carbons (Fsp3) is 0.294. The Morgan fingerprint density at radius 2 is 2.05 bits per heavy atom. The predicted molar refractivity (Wildman–Crippen MR) is 86.6 cm³/mol. The molecule has 0 fully saturated rings. The Hall–Kier alpha value is -2.56. The molecule has 3 rings (SSSR count). The largest absolute Gasteiger partial charge is 0.488 e. The molecule has 1 aromatic heterocycles. The zero-order valence-electron chi connectivity index (χ0n) is 12.7. The highest BCUT2D eigenvalue weighted by Gasteiger charge is 2.24. The highest BCUT2D eigenvalue weighted by molar-refractivity contribution is 6.02. The van der Waals surface area contributed by atoms with Gasteiger partial charge in [0.2, 0.25) is 0 Å². The number of pyridine rings is 1. The van der Waals surface area contributed by atoms with E-state index in [0.29, 0.717) is 30.6 Å². The minimum absolute atomic E-state index is 0.194. The van der Waals surface area contributed by atoms with Crippen molar-refractivity contribution >= 4 is 17.5 Å². The van der Waals surface area contributed by atoms with Gasteiger partial charge in [0.25, 0.3) is 0 Å². The number of benzene rings is 1. The van der Waals surface area contributed by atoms with Crippen LogP contribution in [0.2, 0.25) is 0 Å². The summed E-state index contributed by atoms with van der Waals surface area (Å²) in [5, 5.41) is 2.91. The summed E-state index contributed by atoms with van der Waals surface area (Å²) in [5.74, 6) is 1.67. The lowest BCUT2D eigenvalue weighted by molar-refractivity contribution is 0.249. The molecule has 22 heavy (non-hydrogen) atoms. The fourth-order valence-electron chi connectivity index (χ4n) is 2.39. The first-order valence-electron chi connectivity index (χ1n) is 7.41. The summed E-state index contributed by atoms with van der Waals surface area (Å²) >= 11 is 0. The van der Waals surface area contributed by atoms with E-state index in [0.717, 1.165) is 5.69 Å². The van der Waals surface area contributed by atoms with Crippen LogP contribution < -0.4 is 15.0 Å². The molecule has 0 saturated carbocycles. The van der Waals surface area contributed by atoms with Crippen LogP contribution in [-0.2, 0) is 0 Å². The molecule has 0 atom stereocenters. The van der Waals surface area contributed by atoms with Gasteiger partial charge < -0.3 is 10.1 Å². The molecule has 2 heterocycles. The molecular formula is C17H19N3O2. The molecule has 0 saturated heterocycles. The highest BCUT2D eigenvalue weighted by atomic mass is 16.5. The van der Waals surface area contributed by atoms with Gasteiger partial charge in [-0.2, -0.15) is 0 Å². The van der Waals surface area contributed by atoms with Crippen LogP contribution in [0, 0.1) is 0 Å². The summed E-state index contributed by atoms with van der Waals surface area (Å²) in [6, 6.07) is 11.3. The van der Waals surface area contributed by atoms with Gasteiger partial charge in [0.1, 0.15) is 6.61 Å². The molecule has 1 aromatic carbocycles. The normalized spacial score (nSPS) is 13.5. The maximum absolute atomic E-state index is 12.5. The van der Waals surface area contributed by atoms with Crippen LogP contribution in [0.1, 0.15) is 25.3 Å². The zero-order chi connectivity index (χ0) is 15.5. The first kappa shape index (κ1) is 14.4. The average molecular weight is 297 g/mol. The van der Waals surface area contributed by atoms with Crippen LogP contribution in [-0.4, -0.2) is 24.2 Å². The summed E-state index contributed by atoms with van der Waals surface area (Å²) < 4.78 is 5.51. The van der Waals surface area contributed by atoms with Crippen LogP contribution in [0.4, 0.5) is 16.3 Å². The fourth-order valence-corrected chi connectivity index (χ4v) is 2.39. The molecule has 0 aliphatic carbocycles. The van der Waals surface area contributed by atoms with Crippen LogP contribution in [0.3, 0.4) is 0 Å². The number of carbonyl (C=O) groups excluding carboxylic acids is 1. The van der Waals surface area contributed by atoms with Crippen LogP contribution in [0.25, 0.3) is 0 Å². The van der Waals surface area contributed by atoms with Crippen molar-refractivity contribution in [3.63, 3.8) is 0 Å². The lowest BCUT2D eigenvalue weighted by Crippen LogP contribution is -2.41. The van der Waals surface area contributed by atoms with E-state index in [1.54, 1.807) is 17.2 Å². The molecule has 5 nitrogen and oxygen atoms in total. The van der Waals surface area contributed by atoms with Crippen LogP contribution in [0.15, 0.2) is 42.6 Å². The van der Waals surface area contributed by atoms with Crippen molar-refractivity contribution in [3.8, 4) is 5.75 Å².